The van der Waals surface area contributed by atoms with E-state index in [9.17, 15) is 9.90 Å². The number of nitrogens with zero attached hydrogens (tertiary/aromatic N) is 1. The van der Waals surface area contributed by atoms with Gasteiger partial charge in [0, 0.05) is 11.1 Å². The summed E-state index contributed by atoms with van der Waals surface area (Å²) in [5, 5.41) is 14.2. The van der Waals surface area contributed by atoms with Gasteiger partial charge in [0.25, 0.3) is 0 Å². The fourth-order valence-electron chi connectivity index (χ4n) is 3.63. The summed E-state index contributed by atoms with van der Waals surface area (Å²) >= 11 is 5.84. The highest BCUT2D eigenvalue weighted by Gasteiger charge is 2.39. The van der Waals surface area contributed by atoms with Gasteiger partial charge in [0.05, 0.1) is 18.6 Å². The fraction of sp³-hybridized carbons (Fsp3) is 0.588. The van der Waals surface area contributed by atoms with Crippen LogP contribution in [-0.4, -0.2) is 47.2 Å². The molecule has 1 aliphatic carbocycles. The number of carbonyl (C=O) groups excluding carboxylic acids is 1. The normalized spacial score (nSPS) is 28.9. The van der Waals surface area contributed by atoms with E-state index in [4.69, 9.17) is 11.6 Å². The lowest BCUT2D eigenvalue weighted by molar-refractivity contribution is -0.121. The fourth-order valence-corrected chi connectivity index (χ4v) is 3.76. The molecule has 0 spiro atoms. The highest BCUT2D eigenvalue weighted by Crippen LogP contribution is 2.27. The summed E-state index contributed by atoms with van der Waals surface area (Å²) in [6.45, 7) is 2.15. The van der Waals surface area contributed by atoms with E-state index in [1.54, 1.807) is 12.1 Å². The first-order chi connectivity index (χ1) is 10.6. The lowest BCUT2D eigenvalue weighted by Crippen LogP contribution is -2.48. The van der Waals surface area contributed by atoms with Crippen LogP contribution >= 0.6 is 11.6 Å². The predicted molar refractivity (Wildman–Crippen MR) is 86.9 cm³/mol. The van der Waals surface area contributed by atoms with E-state index in [1.807, 2.05) is 12.1 Å². The Bertz CT molecular complexity index is 514. The highest BCUT2D eigenvalue weighted by atomic mass is 35.5. The van der Waals surface area contributed by atoms with Crippen LogP contribution < -0.4 is 5.32 Å². The molecule has 22 heavy (non-hydrogen) atoms. The number of carbonyl (C=O) groups is 1. The van der Waals surface area contributed by atoms with Crippen molar-refractivity contribution < 1.29 is 9.90 Å². The zero-order valence-corrected chi connectivity index (χ0v) is 13.4. The second-order valence-electron chi connectivity index (χ2n) is 6.36. The Balaban J connectivity index is 1.52. The first-order valence-corrected chi connectivity index (χ1v) is 8.47. The van der Waals surface area contributed by atoms with Crippen molar-refractivity contribution in [3.63, 3.8) is 0 Å². The average Bonchev–Trinajstić information content (AvgIpc) is 3.12. The van der Waals surface area contributed by atoms with Crippen LogP contribution in [0.5, 0.6) is 0 Å². The summed E-state index contributed by atoms with van der Waals surface area (Å²) in [4.78, 5) is 14.5. The molecule has 0 radical (unpaired) electrons. The second-order valence-corrected chi connectivity index (χ2v) is 6.79. The van der Waals surface area contributed by atoms with Crippen LogP contribution in [0.25, 0.3) is 0 Å². The van der Waals surface area contributed by atoms with Gasteiger partial charge in [-0.15, -0.1) is 0 Å². The molecule has 1 amide bonds. The molecule has 1 saturated heterocycles. The van der Waals surface area contributed by atoms with Crippen molar-refractivity contribution in [2.45, 2.75) is 50.3 Å². The van der Waals surface area contributed by atoms with Crippen LogP contribution in [0.1, 0.15) is 31.2 Å². The monoisotopic (exact) mass is 322 g/mol. The number of hydrogen-bond acceptors (Lipinski definition) is 3. The molecule has 0 unspecified atom stereocenters. The molecule has 3 rings (SSSR count). The van der Waals surface area contributed by atoms with Gasteiger partial charge in [-0.05, 0) is 56.5 Å². The molecule has 1 aliphatic heterocycles. The first kappa shape index (κ1) is 15.8. The van der Waals surface area contributed by atoms with Crippen LogP contribution in [0.4, 0.5) is 0 Å². The topological polar surface area (TPSA) is 52.6 Å². The molecule has 1 saturated carbocycles. The van der Waals surface area contributed by atoms with Crippen molar-refractivity contribution in [2.75, 3.05) is 13.1 Å². The Labute approximate surface area is 136 Å². The van der Waals surface area contributed by atoms with Crippen LogP contribution in [0.2, 0.25) is 5.02 Å². The summed E-state index contributed by atoms with van der Waals surface area (Å²) in [5.41, 5.74) is 0.936. The number of rotatable bonds is 4. The molecule has 1 aromatic rings. The number of benzene rings is 1. The lowest BCUT2D eigenvalue weighted by Gasteiger charge is -2.28. The van der Waals surface area contributed by atoms with Gasteiger partial charge in [0.1, 0.15) is 0 Å². The van der Waals surface area contributed by atoms with E-state index >= 15 is 0 Å². The molecule has 2 fully saturated rings. The molecule has 2 aliphatic rings. The minimum atomic E-state index is -0.452. The maximum Gasteiger partial charge on any atom is 0.224 e. The number of halogens is 1. The number of aliphatic hydroxyl groups is 1. The van der Waals surface area contributed by atoms with E-state index in [-0.39, 0.29) is 18.0 Å². The molecule has 5 heteroatoms. The van der Waals surface area contributed by atoms with Crippen molar-refractivity contribution >= 4 is 17.5 Å². The largest absolute Gasteiger partial charge is 0.389 e. The molecule has 1 heterocycles. The molecule has 0 aromatic heterocycles. The Morgan fingerprint density at radius 3 is 2.59 bits per heavy atom. The first-order valence-electron chi connectivity index (χ1n) is 8.09. The molecule has 0 bridgehead atoms. The standard InChI is InChI=1S/C17H23ClN2O2/c18-13-5-3-12(4-6-13)11-16(21)19-14-7-8-15(17(14)22)20-9-1-2-10-20/h3-6,14-15,17,22H,1-2,7-11H2,(H,19,21)/t14-,15-,17-/m1/s1. The minimum Gasteiger partial charge on any atom is -0.389 e. The molecular weight excluding hydrogens is 300 g/mol. The summed E-state index contributed by atoms with van der Waals surface area (Å²) in [7, 11) is 0. The van der Waals surface area contributed by atoms with Gasteiger partial charge in [-0.1, -0.05) is 23.7 Å². The van der Waals surface area contributed by atoms with E-state index in [0.717, 1.165) is 31.5 Å². The van der Waals surface area contributed by atoms with Gasteiger partial charge >= 0.3 is 0 Å². The van der Waals surface area contributed by atoms with Gasteiger partial charge in [-0.2, -0.15) is 0 Å². The maximum absolute atomic E-state index is 12.2. The van der Waals surface area contributed by atoms with Crippen LogP contribution in [0.15, 0.2) is 24.3 Å². The van der Waals surface area contributed by atoms with Crippen molar-refractivity contribution in [1.29, 1.82) is 0 Å². The molecule has 3 atom stereocenters. The third-order valence-corrected chi connectivity index (χ3v) is 5.07. The number of amides is 1. The summed E-state index contributed by atoms with van der Waals surface area (Å²) in [6, 6.07) is 7.39. The minimum absolute atomic E-state index is 0.0338. The van der Waals surface area contributed by atoms with Crippen molar-refractivity contribution in [3.8, 4) is 0 Å². The summed E-state index contributed by atoms with van der Waals surface area (Å²) in [6.07, 6.45) is 4.14. The maximum atomic E-state index is 12.2. The molecular formula is C17H23ClN2O2. The predicted octanol–water partition coefficient (Wildman–Crippen LogP) is 1.99. The lowest BCUT2D eigenvalue weighted by atomic mass is 10.1. The van der Waals surface area contributed by atoms with Gasteiger partial charge < -0.3 is 10.4 Å². The Morgan fingerprint density at radius 2 is 1.91 bits per heavy atom. The van der Waals surface area contributed by atoms with E-state index in [0.29, 0.717) is 11.4 Å². The van der Waals surface area contributed by atoms with Gasteiger partial charge in [0.2, 0.25) is 5.91 Å². The number of hydrogen-bond donors (Lipinski definition) is 2. The number of nitrogens with one attached hydrogen (secondary N) is 1. The van der Waals surface area contributed by atoms with Crippen molar-refractivity contribution in [1.82, 2.24) is 10.2 Å². The summed E-state index contributed by atoms with van der Waals surface area (Å²) < 4.78 is 0. The van der Waals surface area contributed by atoms with Crippen LogP contribution in [-0.2, 0) is 11.2 Å². The quantitative estimate of drug-likeness (QED) is 0.891. The second kappa shape index (κ2) is 6.99. The highest BCUT2D eigenvalue weighted by molar-refractivity contribution is 6.30. The third kappa shape index (κ3) is 3.62. The smallest absolute Gasteiger partial charge is 0.224 e. The average molecular weight is 323 g/mol. The van der Waals surface area contributed by atoms with Crippen LogP contribution in [0, 0.1) is 0 Å². The van der Waals surface area contributed by atoms with Crippen LogP contribution in [0.3, 0.4) is 0 Å². The third-order valence-electron chi connectivity index (χ3n) is 4.81. The van der Waals surface area contributed by atoms with Gasteiger partial charge in [-0.25, -0.2) is 0 Å². The Morgan fingerprint density at radius 1 is 1.23 bits per heavy atom. The molecule has 4 nitrogen and oxygen atoms in total. The van der Waals surface area contributed by atoms with Gasteiger partial charge in [-0.3, -0.25) is 9.69 Å². The molecule has 2 N–H and O–H groups in total. The Hall–Kier alpha value is -1.10. The van der Waals surface area contributed by atoms with E-state index in [1.165, 1.54) is 12.8 Å². The summed E-state index contributed by atoms with van der Waals surface area (Å²) in [5.74, 6) is -0.0338. The zero-order chi connectivity index (χ0) is 15.5. The molecule has 1 aromatic carbocycles. The van der Waals surface area contributed by atoms with E-state index < -0.39 is 6.10 Å². The van der Waals surface area contributed by atoms with Gasteiger partial charge in [0.15, 0.2) is 0 Å². The number of aliphatic hydroxyl groups excluding tert-OH is 1. The SMILES string of the molecule is O=C(Cc1ccc(Cl)cc1)N[C@@H]1CC[C@@H](N2CCCC2)[C@@H]1O. The number of likely N-dealkylation sites (tertiary alicyclic amines) is 1. The Kier molecular flexibility index (Phi) is 5.01. The van der Waals surface area contributed by atoms with Crippen molar-refractivity contribution in [2.24, 2.45) is 0 Å². The van der Waals surface area contributed by atoms with Crippen molar-refractivity contribution in [3.05, 3.63) is 34.9 Å². The van der Waals surface area contributed by atoms with E-state index in [2.05, 4.69) is 10.2 Å². The molecule has 120 valence electrons. The zero-order valence-electron chi connectivity index (χ0n) is 12.7.